The number of para-hydroxylation sites is 1. The molecule has 0 aliphatic rings. The average molecular weight is 528 g/mol. The number of H-pyrrole nitrogens is 1. The van der Waals surface area contributed by atoms with Crippen molar-refractivity contribution >= 4 is 46.0 Å². The lowest BCUT2D eigenvalue weighted by Gasteiger charge is -2.13. The van der Waals surface area contributed by atoms with Crippen molar-refractivity contribution in [3.05, 3.63) is 65.9 Å². The molecule has 2 heterocycles. The Balaban J connectivity index is 0.000000505. The number of fused-ring (bicyclic) bond motifs is 1. The highest BCUT2D eigenvalue weighted by Gasteiger charge is 2.38. The van der Waals surface area contributed by atoms with E-state index in [2.05, 4.69) is 27.5 Å². The van der Waals surface area contributed by atoms with Crippen molar-refractivity contribution < 1.29 is 32.7 Å². The second-order valence-corrected chi connectivity index (χ2v) is 7.89. The van der Waals surface area contributed by atoms with Crippen LogP contribution in [0, 0.1) is 0 Å². The lowest BCUT2D eigenvalue weighted by molar-refractivity contribution is -0.192. The number of aromatic nitrogens is 3. The van der Waals surface area contributed by atoms with Gasteiger partial charge in [0.25, 0.3) is 5.91 Å². The van der Waals surface area contributed by atoms with Crippen LogP contribution < -0.4 is 16.4 Å². The SMILES string of the molecule is CCc1ccccc1Nc1c(C(N)=O)cnc2[nH]c(-c3ccc(NC(C)=O)cc3)nc12.O=C(O)C(F)(F)F. The number of hydrogen-bond acceptors (Lipinski definition) is 6. The predicted molar refractivity (Wildman–Crippen MR) is 135 cm³/mol. The second-order valence-electron chi connectivity index (χ2n) is 7.89. The Hall–Kier alpha value is -4.94. The number of carboxylic acid groups (broad SMARTS) is 1. The quantitative estimate of drug-likeness (QED) is 0.244. The van der Waals surface area contributed by atoms with E-state index in [9.17, 15) is 22.8 Å². The molecule has 0 spiro atoms. The van der Waals surface area contributed by atoms with Gasteiger partial charge in [-0.15, -0.1) is 0 Å². The van der Waals surface area contributed by atoms with E-state index in [-0.39, 0.29) is 11.5 Å². The number of amides is 2. The standard InChI is InChI=1S/C23H22N6O2.C2HF3O2/c1-3-14-6-4-5-7-18(14)27-19-17(21(24)31)12-25-23-20(19)28-22(29-23)15-8-10-16(11-9-15)26-13(2)30;3-2(4,5)1(6)7/h4-12H,3H2,1-2H3,(H2,24,31)(H,26,30)(H2,25,27,28,29);(H,6,7). The number of carbonyl (C=O) groups excluding carboxylic acids is 2. The van der Waals surface area contributed by atoms with Crippen LogP contribution >= 0.6 is 0 Å². The first-order valence-corrected chi connectivity index (χ1v) is 11.1. The van der Waals surface area contributed by atoms with Gasteiger partial charge in [0.15, 0.2) is 5.65 Å². The number of aliphatic carboxylic acids is 1. The van der Waals surface area contributed by atoms with Gasteiger partial charge in [0, 0.05) is 30.1 Å². The molecule has 198 valence electrons. The topological polar surface area (TPSA) is 163 Å². The van der Waals surface area contributed by atoms with E-state index in [0.29, 0.717) is 28.4 Å². The van der Waals surface area contributed by atoms with Crippen LogP contribution in [0.15, 0.2) is 54.7 Å². The molecule has 0 saturated carbocycles. The van der Waals surface area contributed by atoms with Crippen LogP contribution in [-0.2, 0) is 16.0 Å². The Labute approximate surface area is 214 Å². The van der Waals surface area contributed by atoms with E-state index in [4.69, 9.17) is 20.6 Å². The second kappa shape index (κ2) is 11.4. The highest BCUT2D eigenvalue weighted by Crippen LogP contribution is 2.31. The third kappa shape index (κ3) is 6.63. The van der Waals surface area contributed by atoms with Crippen LogP contribution in [0.2, 0.25) is 0 Å². The van der Waals surface area contributed by atoms with Gasteiger partial charge >= 0.3 is 12.1 Å². The largest absolute Gasteiger partial charge is 0.490 e. The Morgan fingerprint density at radius 1 is 1.08 bits per heavy atom. The number of halogens is 3. The number of nitrogens with one attached hydrogen (secondary N) is 3. The Bertz CT molecular complexity index is 1480. The molecule has 0 unspecified atom stereocenters. The monoisotopic (exact) mass is 528 g/mol. The van der Waals surface area contributed by atoms with E-state index in [1.807, 2.05) is 36.4 Å². The van der Waals surface area contributed by atoms with Gasteiger partial charge in [0.1, 0.15) is 11.3 Å². The van der Waals surface area contributed by atoms with Crippen molar-refractivity contribution in [2.75, 3.05) is 10.6 Å². The molecule has 0 aliphatic heterocycles. The number of imidazole rings is 1. The van der Waals surface area contributed by atoms with E-state index < -0.39 is 18.1 Å². The number of hydrogen-bond donors (Lipinski definition) is 5. The summed E-state index contributed by atoms with van der Waals surface area (Å²) in [6.45, 7) is 3.52. The van der Waals surface area contributed by atoms with Crippen LogP contribution in [-0.4, -0.2) is 44.0 Å². The normalized spacial score (nSPS) is 10.9. The van der Waals surface area contributed by atoms with Gasteiger partial charge in [-0.2, -0.15) is 13.2 Å². The number of alkyl halides is 3. The van der Waals surface area contributed by atoms with Gasteiger partial charge in [0.2, 0.25) is 5.91 Å². The summed E-state index contributed by atoms with van der Waals surface area (Å²) in [6, 6.07) is 15.1. The molecule has 0 aliphatic carbocycles. The first-order chi connectivity index (χ1) is 17.9. The lowest BCUT2D eigenvalue weighted by atomic mass is 10.1. The van der Waals surface area contributed by atoms with E-state index in [1.165, 1.54) is 13.1 Å². The number of rotatable bonds is 6. The average Bonchev–Trinajstić information content (AvgIpc) is 3.29. The summed E-state index contributed by atoms with van der Waals surface area (Å²) in [5, 5.41) is 13.2. The summed E-state index contributed by atoms with van der Waals surface area (Å²) in [4.78, 5) is 44.4. The Morgan fingerprint density at radius 3 is 2.26 bits per heavy atom. The highest BCUT2D eigenvalue weighted by molar-refractivity contribution is 6.06. The lowest BCUT2D eigenvalue weighted by Crippen LogP contribution is -2.21. The van der Waals surface area contributed by atoms with Crippen LogP contribution in [0.25, 0.3) is 22.6 Å². The van der Waals surface area contributed by atoms with Gasteiger partial charge in [0.05, 0.1) is 11.3 Å². The van der Waals surface area contributed by atoms with Gasteiger partial charge in [-0.1, -0.05) is 25.1 Å². The third-order valence-electron chi connectivity index (χ3n) is 5.16. The number of pyridine rings is 1. The number of benzene rings is 2. The number of aromatic amines is 1. The molecule has 6 N–H and O–H groups in total. The maximum absolute atomic E-state index is 12.1. The van der Waals surface area contributed by atoms with Crippen molar-refractivity contribution in [2.24, 2.45) is 5.73 Å². The molecule has 2 aromatic heterocycles. The molecule has 0 atom stereocenters. The molecule has 2 aromatic carbocycles. The van der Waals surface area contributed by atoms with Crippen LogP contribution in [0.5, 0.6) is 0 Å². The van der Waals surface area contributed by atoms with Gasteiger partial charge in [-0.05, 0) is 42.3 Å². The summed E-state index contributed by atoms with van der Waals surface area (Å²) in [7, 11) is 0. The van der Waals surface area contributed by atoms with Gasteiger partial charge in [-0.25, -0.2) is 14.8 Å². The number of carbonyl (C=O) groups is 3. The van der Waals surface area contributed by atoms with E-state index in [1.54, 1.807) is 12.1 Å². The summed E-state index contributed by atoms with van der Waals surface area (Å²) < 4.78 is 31.7. The zero-order valence-corrected chi connectivity index (χ0v) is 20.2. The zero-order valence-electron chi connectivity index (χ0n) is 20.2. The minimum Gasteiger partial charge on any atom is -0.475 e. The maximum Gasteiger partial charge on any atom is 0.490 e. The van der Waals surface area contributed by atoms with Gasteiger partial charge < -0.3 is 26.5 Å². The molecular weight excluding hydrogens is 505 g/mol. The van der Waals surface area contributed by atoms with E-state index >= 15 is 0 Å². The number of nitrogens with two attached hydrogens (primary N) is 1. The summed E-state index contributed by atoms with van der Waals surface area (Å²) in [5.74, 6) is -2.89. The fourth-order valence-electron chi connectivity index (χ4n) is 3.40. The molecule has 4 aromatic rings. The molecule has 0 saturated heterocycles. The minimum atomic E-state index is -5.08. The van der Waals surface area contributed by atoms with Crippen LogP contribution in [0.3, 0.4) is 0 Å². The summed E-state index contributed by atoms with van der Waals surface area (Å²) in [5.41, 5.74) is 10.9. The van der Waals surface area contributed by atoms with Crippen molar-refractivity contribution in [2.45, 2.75) is 26.4 Å². The van der Waals surface area contributed by atoms with E-state index in [0.717, 1.165) is 23.2 Å². The highest BCUT2D eigenvalue weighted by atomic mass is 19.4. The minimum absolute atomic E-state index is 0.136. The first kappa shape index (κ1) is 27.6. The molecule has 38 heavy (non-hydrogen) atoms. The fourth-order valence-corrected chi connectivity index (χ4v) is 3.40. The molecule has 0 bridgehead atoms. The van der Waals surface area contributed by atoms with Crippen LogP contribution in [0.1, 0.15) is 29.8 Å². The van der Waals surface area contributed by atoms with Crippen molar-refractivity contribution in [3.8, 4) is 11.4 Å². The number of aryl methyl sites for hydroxylation is 1. The maximum atomic E-state index is 12.1. The molecule has 0 fully saturated rings. The smallest absolute Gasteiger partial charge is 0.475 e. The molecule has 13 heteroatoms. The Morgan fingerprint density at radius 2 is 1.71 bits per heavy atom. The predicted octanol–water partition coefficient (Wildman–Crippen LogP) is 4.62. The summed E-state index contributed by atoms with van der Waals surface area (Å²) in [6.07, 6.45) is -2.81. The first-order valence-electron chi connectivity index (χ1n) is 11.1. The molecule has 10 nitrogen and oxygen atoms in total. The number of primary amides is 1. The zero-order chi connectivity index (χ0) is 28.0. The number of nitrogens with zero attached hydrogens (tertiary/aromatic N) is 2. The van der Waals surface area contributed by atoms with Crippen LogP contribution in [0.4, 0.5) is 30.2 Å². The number of carboxylic acids is 1. The van der Waals surface area contributed by atoms with Crippen molar-refractivity contribution in [1.29, 1.82) is 0 Å². The van der Waals surface area contributed by atoms with Crippen molar-refractivity contribution in [1.82, 2.24) is 15.0 Å². The Kier molecular flexibility index (Phi) is 8.30. The summed E-state index contributed by atoms with van der Waals surface area (Å²) >= 11 is 0. The molecule has 4 rings (SSSR count). The molecule has 2 amide bonds. The number of anilines is 3. The molecule has 0 radical (unpaired) electrons. The van der Waals surface area contributed by atoms with Gasteiger partial charge in [-0.3, -0.25) is 9.59 Å². The fraction of sp³-hybridized carbons (Fsp3) is 0.160. The molecular formula is C25H23F3N6O4. The third-order valence-corrected chi connectivity index (χ3v) is 5.16. The van der Waals surface area contributed by atoms with Crippen molar-refractivity contribution in [3.63, 3.8) is 0 Å².